The van der Waals surface area contributed by atoms with Gasteiger partial charge in [-0.2, -0.15) is 0 Å². The predicted octanol–water partition coefficient (Wildman–Crippen LogP) is 4.30. The van der Waals surface area contributed by atoms with Crippen molar-refractivity contribution in [2.75, 3.05) is 13.2 Å². The third-order valence-electron chi connectivity index (χ3n) is 3.17. The minimum absolute atomic E-state index is 0.0567. The Labute approximate surface area is 108 Å². The second-order valence-corrected chi connectivity index (χ2v) is 4.90. The van der Waals surface area contributed by atoms with Crippen molar-refractivity contribution >= 4 is 0 Å². The lowest BCUT2D eigenvalue weighted by atomic mass is 10.0. The summed E-state index contributed by atoms with van der Waals surface area (Å²) < 4.78 is 5.29. The summed E-state index contributed by atoms with van der Waals surface area (Å²) >= 11 is 0. The van der Waals surface area contributed by atoms with Crippen molar-refractivity contribution < 1.29 is 9.84 Å². The van der Waals surface area contributed by atoms with Crippen molar-refractivity contribution in [2.45, 2.75) is 84.2 Å². The molecule has 0 rings (SSSR count). The molecular weight excluding hydrogens is 212 g/mol. The fraction of sp³-hybridized carbons (Fsp3) is 1.00. The number of hydrogen-bond acceptors (Lipinski definition) is 2. The number of hydrogen-bond donors (Lipinski definition) is 1. The summed E-state index contributed by atoms with van der Waals surface area (Å²) in [7, 11) is 0. The molecule has 17 heavy (non-hydrogen) atoms. The van der Waals surface area contributed by atoms with Crippen LogP contribution in [0.5, 0.6) is 0 Å². The fourth-order valence-electron chi connectivity index (χ4n) is 2.03. The summed E-state index contributed by atoms with van der Waals surface area (Å²) in [5.74, 6) is 0. The standard InChI is InChI=1S/C15H32O2/c1-3-5-6-9-12-15(16)13-10-7-8-11-14-17-4-2/h15-16H,3-14H2,1-2H3. The maximum Gasteiger partial charge on any atom is 0.0540 e. The molecule has 0 bridgehead atoms. The summed E-state index contributed by atoms with van der Waals surface area (Å²) in [5, 5.41) is 9.76. The minimum atomic E-state index is -0.0567. The lowest BCUT2D eigenvalue weighted by Crippen LogP contribution is -2.06. The molecule has 0 saturated carbocycles. The van der Waals surface area contributed by atoms with E-state index in [1.807, 2.05) is 6.92 Å². The smallest absolute Gasteiger partial charge is 0.0540 e. The van der Waals surface area contributed by atoms with Crippen molar-refractivity contribution in [1.82, 2.24) is 0 Å². The van der Waals surface area contributed by atoms with Crippen LogP contribution in [0.2, 0.25) is 0 Å². The molecule has 0 aliphatic heterocycles. The molecule has 0 aromatic rings. The molecule has 1 atom stereocenters. The van der Waals surface area contributed by atoms with Crippen molar-refractivity contribution in [3.05, 3.63) is 0 Å². The molecule has 2 nitrogen and oxygen atoms in total. The quantitative estimate of drug-likeness (QED) is 0.489. The number of aliphatic hydroxyl groups excluding tert-OH is 1. The molecule has 0 radical (unpaired) electrons. The van der Waals surface area contributed by atoms with E-state index in [4.69, 9.17) is 4.74 Å². The second kappa shape index (κ2) is 14.0. The minimum Gasteiger partial charge on any atom is -0.393 e. The highest BCUT2D eigenvalue weighted by Crippen LogP contribution is 2.12. The second-order valence-electron chi connectivity index (χ2n) is 4.90. The molecule has 0 spiro atoms. The van der Waals surface area contributed by atoms with Crippen LogP contribution >= 0.6 is 0 Å². The zero-order valence-corrected chi connectivity index (χ0v) is 11.9. The molecule has 0 aromatic heterocycles. The van der Waals surface area contributed by atoms with Crippen molar-refractivity contribution in [2.24, 2.45) is 0 Å². The molecule has 0 fully saturated rings. The van der Waals surface area contributed by atoms with Gasteiger partial charge in [-0.25, -0.2) is 0 Å². The lowest BCUT2D eigenvalue weighted by Gasteiger charge is -2.10. The first-order chi connectivity index (χ1) is 8.31. The van der Waals surface area contributed by atoms with Crippen LogP contribution in [-0.2, 0) is 4.74 Å². The maximum absolute atomic E-state index is 9.76. The van der Waals surface area contributed by atoms with Crippen LogP contribution in [0, 0.1) is 0 Å². The number of ether oxygens (including phenoxy) is 1. The zero-order chi connectivity index (χ0) is 12.8. The summed E-state index contributed by atoms with van der Waals surface area (Å²) in [4.78, 5) is 0. The van der Waals surface area contributed by atoms with Gasteiger partial charge < -0.3 is 9.84 Å². The molecule has 0 saturated heterocycles. The van der Waals surface area contributed by atoms with E-state index in [1.54, 1.807) is 0 Å². The van der Waals surface area contributed by atoms with Crippen LogP contribution in [0.1, 0.15) is 78.1 Å². The van der Waals surface area contributed by atoms with Gasteiger partial charge >= 0.3 is 0 Å². The summed E-state index contributed by atoms with van der Waals surface area (Å²) in [6.07, 6.45) is 11.8. The Morgan fingerprint density at radius 3 is 2.00 bits per heavy atom. The highest BCUT2D eigenvalue weighted by Gasteiger charge is 2.03. The molecule has 0 aromatic carbocycles. The Bertz CT molecular complexity index is 137. The molecule has 104 valence electrons. The summed E-state index contributed by atoms with van der Waals surface area (Å²) in [5.41, 5.74) is 0. The van der Waals surface area contributed by atoms with E-state index in [0.29, 0.717) is 0 Å². The molecule has 0 aliphatic rings. The molecular formula is C15H32O2. The Morgan fingerprint density at radius 2 is 1.41 bits per heavy atom. The van der Waals surface area contributed by atoms with Crippen LogP contribution in [0.3, 0.4) is 0 Å². The van der Waals surface area contributed by atoms with Gasteiger partial charge in [0.2, 0.25) is 0 Å². The van der Waals surface area contributed by atoms with Crippen molar-refractivity contribution in [3.8, 4) is 0 Å². The molecule has 0 aliphatic carbocycles. The van der Waals surface area contributed by atoms with Gasteiger partial charge in [0.05, 0.1) is 6.10 Å². The molecule has 1 N–H and O–H groups in total. The highest BCUT2D eigenvalue weighted by molar-refractivity contribution is 4.57. The van der Waals surface area contributed by atoms with E-state index in [1.165, 1.54) is 51.4 Å². The van der Waals surface area contributed by atoms with E-state index in [9.17, 15) is 5.11 Å². The largest absolute Gasteiger partial charge is 0.393 e. The first kappa shape index (κ1) is 16.9. The Hall–Kier alpha value is -0.0800. The average molecular weight is 244 g/mol. The highest BCUT2D eigenvalue weighted by atomic mass is 16.5. The van der Waals surface area contributed by atoms with Gasteiger partial charge in [-0.15, -0.1) is 0 Å². The van der Waals surface area contributed by atoms with Crippen LogP contribution < -0.4 is 0 Å². The van der Waals surface area contributed by atoms with Crippen LogP contribution in [-0.4, -0.2) is 24.4 Å². The van der Waals surface area contributed by atoms with E-state index in [2.05, 4.69) is 6.92 Å². The van der Waals surface area contributed by atoms with Crippen LogP contribution in [0.25, 0.3) is 0 Å². The summed E-state index contributed by atoms with van der Waals surface area (Å²) in [6, 6.07) is 0. The number of rotatable bonds is 13. The molecule has 2 heteroatoms. The normalized spacial score (nSPS) is 12.9. The fourth-order valence-corrected chi connectivity index (χ4v) is 2.03. The Kier molecular flexibility index (Phi) is 13.9. The Balaban J connectivity index is 3.08. The van der Waals surface area contributed by atoms with Gasteiger partial charge in [-0.3, -0.25) is 0 Å². The van der Waals surface area contributed by atoms with Crippen LogP contribution in [0.15, 0.2) is 0 Å². The molecule has 0 heterocycles. The SMILES string of the molecule is CCCCCCC(O)CCCCCCOCC. The van der Waals surface area contributed by atoms with Gasteiger partial charge in [0, 0.05) is 13.2 Å². The monoisotopic (exact) mass is 244 g/mol. The molecule has 1 unspecified atom stereocenters. The zero-order valence-electron chi connectivity index (χ0n) is 11.9. The van der Waals surface area contributed by atoms with Gasteiger partial charge in [-0.1, -0.05) is 51.9 Å². The maximum atomic E-state index is 9.76. The third kappa shape index (κ3) is 13.9. The number of unbranched alkanes of at least 4 members (excludes halogenated alkanes) is 6. The lowest BCUT2D eigenvalue weighted by molar-refractivity contribution is 0.138. The predicted molar refractivity (Wildman–Crippen MR) is 74.3 cm³/mol. The summed E-state index contributed by atoms with van der Waals surface area (Å²) in [6.45, 7) is 5.99. The van der Waals surface area contributed by atoms with Gasteiger partial charge in [0.1, 0.15) is 0 Å². The van der Waals surface area contributed by atoms with E-state index in [-0.39, 0.29) is 6.10 Å². The van der Waals surface area contributed by atoms with Crippen molar-refractivity contribution in [3.63, 3.8) is 0 Å². The van der Waals surface area contributed by atoms with E-state index in [0.717, 1.165) is 26.1 Å². The Morgan fingerprint density at radius 1 is 0.824 bits per heavy atom. The van der Waals surface area contributed by atoms with Crippen LogP contribution in [0.4, 0.5) is 0 Å². The first-order valence-electron chi connectivity index (χ1n) is 7.57. The average Bonchev–Trinajstić information content (AvgIpc) is 2.33. The topological polar surface area (TPSA) is 29.5 Å². The first-order valence-corrected chi connectivity index (χ1v) is 7.57. The third-order valence-corrected chi connectivity index (χ3v) is 3.17. The van der Waals surface area contributed by atoms with Crippen molar-refractivity contribution in [1.29, 1.82) is 0 Å². The molecule has 0 amide bonds. The van der Waals surface area contributed by atoms with E-state index >= 15 is 0 Å². The van der Waals surface area contributed by atoms with Gasteiger partial charge in [-0.05, 0) is 26.2 Å². The number of aliphatic hydroxyl groups is 1. The van der Waals surface area contributed by atoms with Gasteiger partial charge in [0.25, 0.3) is 0 Å². The van der Waals surface area contributed by atoms with Gasteiger partial charge in [0.15, 0.2) is 0 Å². The van der Waals surface area contributed by atoms with E-state index < -0.39 is 0 Å².